The Morgan fingerprint density at radius 3 is 2.17 bits per heavy atom. The van der Waals surface area contributed by atoms with Gasteiger partial charge in [-0.2, -0.15) is 5.06 Å². The van der Waals surface area contributed by atoms with E-state index in [1.165, 1.54) is 29.3 Å². The molecule has 0 atom stereocenters. The quantitative estimate of drug-likeness (QED) is 0.0765. The Balaban J connectivity index is 1.08. The van der Waals surface area contributed by atoms with Crippen molar-refractivity contribution in [1.29, 1.82) is 0 Å². The maximum atomic E-state index is 12.3. The summed E-state index contributed by atoms with van der Waals surface area (Å²) in [6.07, 6.45) is 2.34. The lowest BCUT2D eigenvalue weighted by Gasteiger charge is -2.16. The van der Waals surface area contributed by atoms with Gasteiger partial charge in [0.25, 0.3) is 5.91 Å². The summed E-state index contributed by atoms with van der Waals surface area (Å²) in [4.78, 5) is 51.1. The summed E-state index contributed by atoms with van der Waals surface area (Å²) in [6.45, 7) is 0.997. The lowest BCUT2D eigenvalue weighted by Crippen LogP contribution is -2.30. The van der Waals surface area contributed by atoms with Crippen LogP contribution >= 0.6 is 23.2 Å². The van der Waals surface area contributed by atoms with Gasteiger partial charge >= 0.3 is 12.2 Å². The number of ether oxygens (including phenoxy) is 3. The molecule has 1 N–H and O–H groups in total. The van der Waals surface area contributed by atoms with Crippen LogP contribution in [0.15, 0.2) is 60.7 Å². The molecule has 0 saturated carbocycles. The molecule has 0 heterocycles. The third-order valence-corrected chi connectivity index (χ3v) is 7.95. The number of amides is 2. The first-order valence-electron chi connectivity index (χ1n) is 15.0. The van der Waals surface area contributed by atoms with Gasteiger partial charge in [-0.15, -0.1) is 0 Å². The first kappa shape index (κ1) is 34.6. The number of nitrogens with zero attached hydrogens (tertiary/aromatic N) is 1. The Kier molecular flexibility index (Phi) is 13.1. The van der Waals surface area contributed by atoms with Gasteiger partial charge in [-0.05, 0) is 52.8 Å². The van der Waals surface area contributed by atoms with E-state index in [4.69, 9.17) is 42.3 Å². The van der Waals surface area contributed by atoms with Gasteiger partial charge in [0.05, 0.1) is 16.7 Å². The van der Waals surface area contributed by atoms with E-state index in [1.54, 1.807) is 12.1 Å². The summed E-state index contributed by atoms with van der Waals surface area (Å²) >= 11 is 12.7. The zero-order chi connectivity index (χ0) is 32.9. The van der Waals surface area contributed by atoms with E-state index in [0.717, 1.165) is 25.7 Å². The van der Waals surface area contributed by atoms with Gasteiger partial charge in [-0.3, -0.25) is 4.79 Å². The molecule has 10 nitrogen and oxygen atoms in total. The van der Waals surface area contributed by atoms with Crippen LogP contribution in [0.1, 0.15) is 61.1 Å². The molecule has 0 fully saturated rings. The number of hydrogen-bond donors (Lipinski definition) is 1. The number of unbranched alkanes of at least 4 members (excludes halogenated alkanes) is 3. The monoisotopic (exact) mass is 670 g/mol. The molecule has 0 radical (unpaired) electrons. The number of rotatable bonds is 15. The Morgan fingerprint density at radius 2 is 1.52 bits per heavy atom. The summed E-state index contributed by atoms with van der Waals surface area (Å²) in [5.74, 6) is -0.186. The lowest BCUT2D eigenvalue weighted by molar-refractivity contribution is -0.166. The Labute approximate surface area is 277 Å². The first-order valence-corrected chi connectivity index (χ1v) is 15.8. The average Bonchev–Trinajstić information content (AvgIpc) is 3.37. The van der Waals surface area contributed by atoms with E-state index in [1.807, 2.05) is 24.3 Å². The highest BCUT2D eigenvalue weighted by atomic mass is 35.5. The van der Waals surface area contributed by atoms with Gasteiger partial charge in [-0.1, -0.05) is 84.6 Å². The minimum Gasteiger partial charge on any atom is -0.490 e. The third kappa shape index (κ3) is 9.61. The highest BCUT2D eigenvalue weighted by Gasteiger charge is 2.29. The number of hydroxylamine groups is 2. The number of carbonyl (C=O) groups is 4. The molecule has 0 saturated heterocycles. The molecule has 3 aromatic carbocycles. The average molecular weight is 672 g/mol. The minimum atomic E-state index is -1.09. The third-order valence-electron chi connectivity index (χ3n) is 7.38. The summed E-state index contributed by atoms with van der Waals surface area (Å²) in [5, 5.41) is 4.06. The van der Waals surface area contributed by atoms with Crippen molar-refractivity contribution in [1.82, 2.24) is 10.4 Å². The van der Waals surface area contributed by atoms with Crippen LogP contribution in [0.5, 0.6) is 5.75 Å². The number of carbonyl (C=O) groups excluding carboxylic acids is 4. The Bertz CT molecular complexity index is 1460. The summed E-state index contributed by atoms with van der Waals surface area (Å²) in [7, 11) is 1.25. The minimum absolute atomic E-state index is 0.0240. The fraction of sp³-hybridized carbons (Fsp3) is 0.353. The van der Waals surface area contributed by atoms with Gasteiger partial charge < -0.3 is 29.2 Å². The van der Waals surface area contributed by atoms with Crippen molar-refractivity contribution in [3.63, 3.8) is 0 Å². The maximum Gasteiger partial charge on any atom is 0.533 e. The van der Waals surface area contributed by atoms with Crippen LogP contribution < -0.4 is 10.1 Å². The van der Waals surface area contributed by atoms with Gasteiger partial charge in [0.15, 0.2) is 5.75 Å². The van der Waals surface area contributed by atoms with Crippen LogP contribution in [0.2, 0.25) is 10.0 Å². The molecule has 12 heteroatoms. The topological polar surface area (TPSA) is 120 Å². The number of benzene rings is 3. The SMILES string of the molecule is CN(OC(=O)OCc1cc(Cl)c(OCCCCCCNC(=O)OCC2c3ccccc3-c3ccccc32)c(Cl)c1)C(=O)CCC=O. The molecule has 1 aliphatic rings. The molecule has 2 amide bonds. The van der Waals surface area contributed by atoms with Crippen LogP contribution in [-0.4, -0.2) is 56.3 Å². The van der Waals surface area contributed by atoms with E-state index in [9.17, 15) is 19.2 Å². The normalized spacial score (nSPS) is 11.6. The summed E-state index contributed by atoms with van der Waals surface area (Å²) in [5.41, 5.74) is 5.23. The maximum absolute atomic E-state index is 12.3. The van der Waals surface area contributed by atoms with E-state index in [2.05, 4.69) is 29.6 Å². The van der Waals surface area contributed by atoms with Crippen LogP contribution in [0.3, 0.4) is 0 Å². The molecular formula is C34H36Cl2N2O8. The molecule has 3 aromatic rings. The fourth-order valence-corrected chi connectivity index (χ4v) is 5.74. The van der Waals surface area contributed by atoms with Crippen LogP contribution in [0.25, 0.3) is 11.1 Å². The van der Waals surface area contributed by atoms with Gasteiger partial charge in [-0.25, -0.2) is 9.59 Å². The highest BCUT2D eigenvalue weighted by molar-refractivity contribution is 6.37. The number of halogens is 2. The molecule has 46 heavy (non-hydrogen) atoms. The van der Waals surface area contributed by atoms with Gasteiger partial charge in [0, 0.05) is 32.4 Å². The van der Waals surface area contributed by atoms with Crippen LogP contribution in [0, 0.1) is 0 Å². The number of aldehydes is 1. The highest BCUT2D eigenvalue weighted by Crippen LogP contribution is 2.44. The van der Waals surface area contributed by atoms with E-state index < -0.39 is 18.2 Å². The van der Waals surface area contributed by atoms with Crippen molar-refractivity contribution < 1.29 is 38.2 Å². The van der Waals surface area contributed by atoms with Gasteiger partial charge in [0.1, 0.15) is 19.5 Å². The molecule has 4 rings (SSSR count). The van der Waals surface area contributed by atoms with Crippen LogP contribution in [-0.2, 0) is 30.5 Å². The van der Waals surface area contributed by atoms with E-state index >= 15 is 0 Å². The number of hydrogen-bond acceptors (Lipinski definition) is 8. The molecule has 1 aliphatic carbocycles. The van der Waals surface area contributed by atoms with Crippen LogP contribution in [0.4, 0.5) is 9.59 Å². The molecule has 0 aromatic heterocycles. The number of alkyl carbamates (subject to hydrolysis) is 1. The smallest absolute Gasteiger partial charge is 0.490 e. The van der Waals surface area contributed by atoms with Crippen molar-refractivity contribution >= 4 is 47.6 Å². The summed E-state index contributed by atoms with van der Waals surface area (Å²) < 4.78 is 16.4. The molecule has 0 bridgehead atoms. The largest absolute Gasteiger partial charge is 0.533 e. The second-order valence-corrected chi connectivity index (χ2v) is 11.4. The molecule has 0 unspecified atom stereocenters. The van der Waals surface area contributed by atoms with E-state index in [-0.39, 0.29) is 42.0 Å². The van der Waals surface area contributed by atoms with Crippen molar-refractivity contribution in [2.75, 3.05) is 26.8 Å². The molecular weight excluding hydrogens is 635 g/mol. The number of nitrogens with one attached hydrogen (secondary N) is 1. The second-order valence-electron chi connectivity index (χ2n) is 10.6. The zero-order valence-electron chi connectivity index (χ0n) is 25.5. The Morgan fingerprint density at radius 1 is 0.891 bits per heavy atom. The summed E-state index contributed by atoms with van der Waals surface area (Å²) in [6, 6.07) is 19.6. The zero-order valence-corrected chi connectivity index (χ0v) is 27.0. The first-order chi connectivity index (χ1) is 22.3. The molecule has 0 spiro atoms. The Hall–Kier alpha value is -4.28. The van der Waals surface area contributed by atoms with Crippen molar-refractivity contribution in [3.05, 3.63) is 87.4 Å². The van der Waals surface area contributed by atoms with Gasteiger partial charge in [0.2, 0.25) is 0 Å². The second kappa shape index (κ2) is 17.4. The molecule has 244 valence electrons. The number of fused-ring (bicyclic) bond motifs is 3. The standard InChI is InChI=1S/C34H36Cl2N2O8/c1-38(31(40)15-10-17-39)46-34(42)45-21-23-19-29(35)32(30(36)20-23)43-18-9-3-2-8-16-37-33(41)44-22-28-26-13-6-4-11-24(26)25-12-5-7-14-27(25)28/h4-7,11-14,17,19-20,28H,2-3,8-10,15-16,18,21-22H2,1H3,(H,37,41). The molecule has 0 aliphatic heterocycles. The van der Waals surface area contributed by atoms with Crippen molar-refractivity contribution in [2.45, 2.75) is 51.0 Å². The predicted octanol–water partition coefficient (Wildman–Crippen LogP) is 7.48. The van der Waals surface area contributed by atoms with E-state index in [0.29, 0.717) is 35.8 Å². The fourth-order valence-electron chi connectivity index (χ4n) is 5.10. The lowest BCUT2D eigenvalue weighted by atomic mass is 9.98. The van der Waals surface area contributed by atoms with Crippen molar-refractivity contribution in [3.8, 4) is 16.9 Å². The predicted molar refractivity (Wildman–Crippen MR) is 173 cm³/mol. The van der Waals surface area contributed by atoms with Crippen molar-refractivity contribution in [2.24, 2.45) is 0 Å².